The summed E-state index contributed by atoms with van der Waals surface area (Å²) in [6.07, 6.45) is 0. The molecule has 4 heteroatoms. The molecule has 0 saturated carbocycles. The Morgan fingerprint density at radius 3 is 2.55 bits per heavy atom. The normalized spacial score (nSPS) is 20.9. The Hall–Kier alpha value is -1.32. The van der Waals surface area contributed by atoms with Crippen molar-refractivity contribution in [2.75, 3.05) is 5.33 Å². The Bertz CT molecular complexity index is 668. The smallest absolute Gasteiger partial charge is 0.222 e. The number of fused-ring (bicyclic) bond motifs is 1. The van der Waals surface area contributed by atoms with Gasteiger partial charge in [0.2, 0.25) is 5.90 Å². The molecular weight excluding hydrogens is 338 g/mol. The van der Waals surface area contributed by atoms with Gasteiger partial charge in [-0.25, -0.2) is 4.99 Å². The van der Waals surface area contributed by atoms with Crippen LogP contribution < -0.4 is 0 Å². The van der Waals surface area contributed by atoms with Gasteiger partial charge in [0.05, 0.1) is 5.69 Å². The van der Waals surface area contributed by atoms with Crippen LogP contribution in [0.1, 0.15) is 18.1 Å². The van der Waals surface area contributed by atoms with Crippen molar-refractivity contribution in [3.05, 3.63) is 64.7 Å². The van der Waals surface area contributed by atoms with Crippen molar-refractivity contribution >= 4 is 39.1 Å². The summed E-state index contributed by atoms with van der Waals surface area (Å²) in [6.45, 7) is 2.06. The van der Waals surface area contributed by atoms with E-state index < -0.39 is 5.60 Å². The molecular formula is C16H13BrClNO. The molecule has 3 rings (SSSR count). The number of nitrogens with zero attached hydrogens (tertiary/aromatic N) is 1. The van der Waals surface area contributed by atoms with E-state index in [2.05, 4.69) is 33.9 Å². The van der Waals surface area contributed by atoms with Crippen molar-refractivity contribution in [3.63, 3.8) is 0 Å². The molecule has 1 unspecified atom stereocenters. The molecule has 1 aliphatic rings. The van der Waals surface area contributed by atoms with Crippen molar-refractivity contribution in [1.29, 1.82) is 0 Å². The highest BCUT2D eigenvalue weighted by molar-refractivity contribution is 9.09. The van der Waals surface area contributed by atoms with Crippen LogP contribution in [0.4, 0.5) is 5.69 Å². The summed E-state index contributed by atoms with van der Waals surface area (Å²) < 4.78 is 6.14. The minimum absolute atomic E-state index is 0.423. The molecule has 0 aromatic heterocycles. The molecule has 2 aromatic carbocycles. The van der Waals surface area contributed by atoms with Crippen LogP contribution in [0.3, 0.4) is 0 Å². The van der Waals surface area contributed by atoms with E-state index in [1.54, 1.807) is 0 Å². The second-order valence-corrected chi connectivity index (χ2v) is 5.90. The number of benzene rings is 2. The summed E-state index contributed by atoms with van der Waals surface area (Å²) in [7, 11) is 0. The van der Waals surface area contributed by atoms with Crippen molar-refractivity contribution < 1.29 is 4.74 Å². The molecule has 0 radical (unpaired) electrons. The zero-order chi connectivity index (χ0) is 14.2. The third-order valence-electron chi connectivity index (χ3n) is 3.36. The second kappa shape index (κ2) is 5.23. The minimum Gasteiger partial charge on any atom is -0.465 e. The summed E-state index contributed by atoms with van der Waals surface area (Å²) in [6, 6.07) is 15.6. The molecule has 1 heterocycles. The highest BCUT2D eigenvalue weighted by Gasteiger charge is 2.35. The second-order valence-electron chi connectivity index (χ2n) is 4.91. The molecule has 1 atom stereocenters. The van der Waals surface area contributed by atoms with E-state index >= 15 is 0 Å². The van der Waals surface area contributed by atoms with E-state index in [4.69, 9.17) is 16.3 Å². The molecule has 0 bridgehead atoms. The molecule has 0 amide bonds. The summed E-state index contributed by atoms with van der Waals surface area (Å²) in [5.74, 6) is 0.627. The van der Waals surface area contributed by atoms with Crippen molar-refractivity contribution in [2.45, 2.75) is 12.5 Å². The van der Waals surface area contributed by atoms with E-state index in [-0.39, 0.29) is 0 Å². The predicted octanol–water partition coefficient (Wildman–Crippen LogP) is 5.06. The minimum atomic E-state index is -0.423. The number of rotatable bonds is 2. The van der Waals surface area contributed by atoms with E-state index in [0.717, 1.165) is 16.8 Å². The molecule has 0 N–H and O–H groups in total. The Balaban J connectivity index is 2.11. The first-order valence-corrected chi connectivity index (χ1v) is 7.81. The molecule has 0 saturated heterocycles. The topological polar surface area (TPSA) is 21.6 Å². The highest BCUT2D eigenvalue weighted by Crippen LogP contribution is 2.39. The molecule has 0 spiro atoms. The number of hydrogen-bond acceptors (Lipinski definition) is 2. The largest absolute Gasteiger partial charge is 0.465 e. The number of alkyl halides is 1. The number of hydrogen-bond donors (Lipinski definition) is 0. The molecule has 102 valence electrons. The average molecular weight is 351 g/mol. The van der Waals surface area contributed by atoms with Gasteiger partial charge in [0.15, 0.2) is 0 Å². The predicted molar refractivity (Wildman–Crippen MR) is 86.3 cm³/mol. The van der Waals surface area contributed by atoms with Gasteiger partial charge >= 0.3 is 0 Å². The van der Waals surface area contributed by atoms with E-state index in [1.165, 1.54) is 0 Å². The Labute approximate surface area is 131 Å². The van der Waals surface area contributed by atoms with Gasteiger partial charge in [-0.05, 0) is 37.3 Å². The summed E-state index contributed by atoms with van der Waals surface area (Å²) in [4.78, 5) is 4.62. The van der Waals surface area contributed by atoms with Crippen LogP contribution in [0, 0.1) is 0 Å². The highest BCUT2D eigenvalue weighted by atomic mass is 79.9. The van der Waals surface area contributed by atoms with Crippen LogP contribution in [0.5, 0.6) is 0 Å². The van der Waals surface area contributed by atoms with Crippen LogP contribution >= 0.6 is 27.5 Å². The number of halogens is 2. The van der Waals surface area contributed by atoms with Crippen molar-refractivity contribution in [2.24, 2.45) is 4.99 Å². The Kier molecular flexibility index (Phi) is 3.57. The van der Waals surface area contributed by atoms with Gasteiger partial charge in [-0.1, -0.05) is 45.7 Å². The monoisotopic (exact) mass is 349 g/mol. The standard InChI is InChI=1S/C16H13BrClNO/c1-16(10-17)13-4-2-3-5-14(13)19-15(20-16)11-6-8-12(18)9-7-11/h2-9H,10H2,1H3. The number of aliphatic imine (C=N–C) groups is 1. The van der Waals surface area contributed by atoms with Gasteiger partial charge < -0.3 is 4.74 Å². The average Bonchev–Trinajstić information content (AvgIpc) is 2.48. The fraction of sp³-hybridized carbons (Fsp3) is 0.188. The van der Waals surface area contributed by atoms with Gasteiger partial charge in [-0.2, -0.15) is 0 Å². The molecule has 2 nitrogen and oxygen atoms in total. The van der Waals surface area contributed by atoms with E-state index in [9.17, 15) is 0 Å². The van der Waals surface area contributed by atoms with Crippen LogP contribution in [0.2, 0.25) is 5.02 Å². The third kappa shape index (κ3) is 2.36. The van der Waals surface area contributed by atoms with E-state index in [1.807, 2.05) is 42.5 Å². The molecule has 0 fully saturated rings. The Morgan fingerprint density at radius 1 is 1.15 bits per heavy atom. The fourth-order valence-corrected chi connectivity index (χ4v) is 2.78. The zero-order valence-electron chi connectivity index (χ0n) is 10.9. The molecule has 0 aliphatic carbocycles. The van der Waals surface area contributed by atoms with Crippen molar-refractivity contribution in [3.8, 4) is 0 Å². The fourth-order valence-electron chi connectivity index (χ4n) is 2.23. The maximum absolute atomic E-state index is 6.14. The lowest BCUT2D eigenvalue weighted by molar-refractivity contribution is 0.0980. The maximum atomic E-state index is 6.14. The number of ether oxygens (including phenoxy) is 1. The van der Waals surface area contributed by atoms with Gasteiger partial charge in [0.1, 0.15) is 5.60 Å². The van der Waals surface area contributed by atoms with Crippen LogP contribution in [-0.2, 0) is 10.3 Å². The van der Waals surface area contributed by atoms with Crippen LogP contribution in [-0.4, -0.2) is 11.2 Å². The molecule has 1 aliphatic heterocycles. The summed E-state index contributed by atoms with van der Waals surface area (Å²) in [5, 5.41) is 1.40. The van der Waals surface area contributed by atoms with Gasteiger partial charge in [-0.3, -0.25) is 0 Å². The van der Waals surface area contributed by atoms with Gasteiger partial charge in [-0.15, -0.1) is 0 Å². The number of para-hydroxylation sites is 1. The first-order chi connectivity index (χ1) is 9.62. The summed E-state index contributed by atoms with van der Waals surface area (Å²) in [5.41, 5.74) is 2.55. The lowest BCUT2D eigenvalue weighted by atomic mass is 9.94. The zero-order valence-corrected chi connectivity index (χ0v) is 13.3. The SMILES string of the molecule is CC1(CBr)OC(c2ccc(Cl)cc2)=Nc2ccccc21. The lowest BCUT2D eigenvalue weighted by Crippen LogP contribution is -2.33. The van der Waals surface area contributed by atoms with Crippen molar-refractivity contribution in [1.82, 2.24) is 0 Å². The quantitative estimate of drug-likeness (QED) is 0.694. The first kappa shape index (κ1) is 13.7. The maximum Gasteiger partial charge on any atom is 0.222 e. The molecule has 2 aromatic rings. The summed E-state index contributed by atoms with van der Waals surface area (Å²) >= 11 is 9.47. The third-order valence-corrected chi connectivity index (χ3v) is 4.69. The van der Waals surface area contributed by atoms with Gasteiger partial charge in [0.25, 0.3) is 0 Å². The van der Waals surface area contributed by atoms with E-state index in [0.29, 0.717) is 16.3 Å². The molecule has 20 heavy (non-hydrogen) atoms. The Morgan fingerprint density at radius 2 is 1.85 bits per heavy atom. The first-order valence-electron chi connectivity index (χ1n) is 6.31. The lowest BCUT2D eigenvalue weighted by Gasteiger charge is -2.34. The van der Waals surface area contributed by atoms with Crippen LogP contribution in [0.25, 0.3) is 0 Å². The van der Waals surface area contributed by atoms with Crippen LogP contribution in [0.15, 0.2) is 53.5 Å². The van der Waals surface area contributed by atoms with Gasteiger partial charge in [0, 0.05) is 21.5 Å².